The molecule has 1 atom stereocenters. The maximum Gasteiger partial charge on any atom is 0.303 e. The first-order valence-electron chi connectivity index (χ1n) is 11.9. The van der Waals surface area contributed by atoms with Crippen LogP contribution >= 0.6 is 0 Å². The van der Waals surface area contributed by atoms with Gasteiger partial charge in [0.2, 0.25) is 0 Å². The van der Waals surface area contributed by atoms with Crippen molar-refractivity contribution in [3.05, 3.63) is 77.5 Å². The van der Waals surface area contributed by atoms with E-state index in [9.17, 15) is 14.0 Å². The van der Waals surface area contributed by atoms with E-state index in [2.05, 4.69) is 21.8 Å². The zero-order valence-electron chi connectivity index (χ0n) is 20.6. The fourth-order valence-electron chi connectivity index (χ4n) is 3.68. The van der Waals surface area contributed by atoms with Crippen LogP contribution in [0.15, 0.2) is 48.9 Å². The standard InChI is InChI=1S/C22H24FN5O.C4H6O4/c1-16(17-2-4-18(23)5-3-17)12-21-26-19(13-20-15-24-6-7-25-20)14-22(27-21)28-8-10-29-11-9-28;5-3(6)1-2-4(7)8/h2-7,14-16H,8-13H2,1H3;1-2H2,(H,5,6)(H,7,8)/t16-;/m1./s1. The number of carbonyl (C=O) groups is 2. The van der Waals surface area contributed by atoms with Crippen LogP contribution in [0.25, 0.3) is 0 Å². The van der Waals surface area contributed by atoms with Crippen LogP contribution in [-0.4, -0.2) is 68.4 Å². The van der Waals surface area contributed by atoms with Crippen LogP contribution in [0.3, 0.4) is 0 Å². The third-order valence-corrected chi connectivity index (χ3v) is 5.61. The summed E-state index contributed by atoms with van der Waals surface area (Å²) >= 11 is 0. The molecule has 1 fully saturated rings. The Balaban J connectivity index is 0.000000414. The number of ether oxygens (including phenoxy) is 1. The zero-order valence-corrected chi connectivity index (χ0v) is 20.6. The fraction of sp³-hybridized carbons (Fsp3) is 0.385. The number of aliphatic carboxylic acids is 2. The van der Waals surface area contributed by atoms with E-state index < -0.39 is 11.9 Å². The SMILES string of the molecule is C[C@H](Cc1nc(Cc2cnccn2)cc(N2CCOCC2)n1)c1ccc(F)cc1.O=C(O)CCC(=O)O. The number of hydrogen-bond acceptors (Lipinski definition) is 8. The number of aromatic nitrogens is 4. The Labute approximate surface area is 214 Å². The van der Waals surface area contributed by atoms with E-state index >= 15 is 0 Å². The predicted molar refractivity (Wildman–Crippen MR) is 133 cm³/mol. The van der Waals surface area contributed by atoms with Gasteiger partial charge in [0, 0.05) is 50.6 Å². The molecule has 1 saturated heterocycles. The molecule has 37 heavy (non-hydrogen) atoms. The molecule has 3 aromatic rings. The van der Waals surface area contributed by atoms with Crippen LogP contribution in [-0.2, 0) is 27.2 Å². The summed E-state index contributed by atoms with van der Waals surface area (Å²) in [5.74, 6) is -0.495. The molecule has 0 amide bonds. The summed E-state index contributed by atoms with van der Waals surface area (Å²) < 4.78 is 18.7. The van der Waals surface area contributed by atoms with Gasteiger partial charge in [-0.05, 0) is 23.6 Å². The normalized spacial score (nSPS) is 13.8. The lowest BCUT2D eigenvalue weighted by molar-refractivity contribution is -0.143. The topological polar surface area (TPSA) is 139 Å². The predicted octanol–water partition coefficient (Wildman–Crippen LogP) is 3.12. The Bertz CT molecular complexity index is 1140. The molecule has 0 unspecified atom stereocenters. The maximum absolute atomic E-state index is 13.2. The van der Waals surface area contributed by atoms with Crippen LogP contribution in [0, 0.1) is 5.82 Å². The molecule has 0 aliphatic carbocycles. The lowest BCUT2D eigenvalue weighted by Crippen LogP contribution is -2.37. The first-order chi connectivity index (χ1) is 17.8. The number of carboxylic acids is 2. The molecule has 0 saturated carbocycles. The van der Waals surface area contributed by atoms with Gasteiger partial charge in [-0.15, -0.1) is 0 Å². The molecular formula is C26H30FN5O5. The molecule has 1 aromatic carbocycles. The maximum atomic E-state index is 13.2. The summed E-state index contributed by atoms with van der Waals surface area (Å²) in [6.07, 6.45) is 5.81. The van der Waals surface area contributed by atoms with Crippen molar-refractivity contribution in [2.45, 2.75) is 38.5 Å². The third kappa shape index (κ3) is 9.53. The Hall–Kier alpha value is -3.99. The molecular weight excluding hydrogens is 481 g/mol. The van der Waals surface area contributed by atoms with Crippen LogP contribution in [0.4, 0.5) is 10.2 Å². The Morgan fingerprint density at radius 3 is 2.30 bits per heavy atom. The van der Waals surface area contributed by atoms with Crippen LogP contribution in [0.5, 0.6) is 0 Å². The van der Waals surface area contributed by atoms with E-state index in [1.165, 1.54) is 12.1 Å². The smallest absolute Gasteiger partial charge is 0.303 e. The van der Waals surface area contributed by atoms with Gasteiger partial charge in [0.15, 0.2) is 0 Å². The summed E-state index contributed by atoms with van der Waals surface area (Å²) in [7, 11) is 0. The van der Waals surface area contributed by atoms with Gasteiger partial charge < -0.3 is 19.8 Å². The van der Waals surface area contributed by atoms with Crippen molar-refractivity contribution in [2.24, 2.45) is 0 Å². The third-order valence-electron chi connectivity index (χ3n) is 5.61. The molecule has 0 radical (unpaired) electrons. The number of carboxylic acid groups (broad SMARTS) is 2. The van der Waals surface area contributed by atoms with E-state index in [1.54, 1.807) is 18.6 Å². The van der Waals surface area contributed by atoms with Crippen LogP contribution in [0.2, 0.25) is 0 Å². The van der Waals surface area contributed by atoms with E-state index in [4.69, 9.17) is 24.9 Å². The van der Waals surface area contributed by atoms with Crippen molar-refractivity contribution in [3.63, 3.8) is 0 Å². The largest absolute Gasteiger partial charge is 0.481 e. The van der Waals surface area contributed by atoms with Gasteiger partial charge in [0.1, 0.15) is 17.5 Å². The van der Waals surface area contributed by atoms with Gasteiger partial charge in [-0.25, -0.2) is 14.4 Å². The molecule has 4 rings (SSSR count). The molecule has 11 heteroatoms. The highest BCUT2D eigenvalue weighted by molar-refractivity contribution is 5.75. The molecule has 0 bridgehead atoms. The second kappa shape index (κ2) is 13.9. The second-order valence-electron chi connectivity index (χ2n) is 8.55. The van der Waals surface area contributed by atoms with E-state index in [0.717, 1.165) is 41.7 Å². The molecule has 10 nitrogen and oxygen atoms in total. The molecule has 1 aliphatic heterocycles. The lowest BCUT2D eigenvalue weighted by Gasteiger charge is -2.28. The van der Waals surface area contributed by atoms with E-state index in [1.807, 2.05) is 18.2 Å². The van der Waals surface area contributed by atoms with Gasteiger partial charge in [0.05, 0.1) is 37.4 Å². The van der Waals surface area contributed by atoms with Crippen molar-refractivity contribution < 1.29 is 28.9 Å². The molecule has 3 heterocycles. The van der Waals surface area contributed by atoms with Crippen LogP contribution < -0.4 is 4.90 Å². The minimum Gasteiger partial charge on any atom is -0.481 e. The molecule has 1 aliphatic rings. The van der Waals surface area contributed by atoms with Crippen molar-refractivity contribution in [1.29, 1.82) is 0 Å². The van der Waals surface area contributed by atoms with Gasteiger partial charge >= 0.3 is 11.9 Å². The number of benzene rings is 1. The Morgan fingerprint density at radius 2 is 1.70 bits per heavy atom. The summed E-state index contributed by atoms with van der Waals surface area (Å²) in [6, 6.07) is 8.68. The lowest BCUT2D eigenvalue weighted by atomic mass is 9.97. The van der Waals surface area contributed by atoms with Crippen molar-refractivity contribution >= 4 is 17.8 Å². The van der Waals surface area contributed by atoms with Crippen molar-refractivity contribution in [3.8, 4) is 0 Å². The average Bonchev–Trinajstić information content (AvgIpc) is 2.89. The first kappa shape index (κ1) is 27.6. The number of hydrogen-bond donors (Lipinski definition) is 2. The van der Waals surface area contributed by atoms with Gasteiger partial charge in [0.25, 0.3) is 0 Å². The monoisotopic (exact) mass is 511 g/mol. The highest BCUT2D eigenvalue weighted by atomic mass is 19.1. The summed E-state index contributed by atoms with van der Waals surface area (Å²) in [6.45, 7) is 5.14. The zero-order chi connectivity index (χ0) is 26.6. The number of anilines is 1. The van der Waals surface area contributed by atoms with Gasteiger partial charge in [-0.2, -0.15) is 0 Å². The fourth-order valence-corrected chi connectivity index (χ4v) is 3.68. The van der Waals surface area contributed by atoms with Crippen LogP contribution in [0.1, 0.15) is 48.5 Å². The quantitative estimate of drug-likeness (QED) is 0.440. The Morgan fingerprint density at radius 1 is 1.03 bits per heavy atom. The molecule has 0 spiro atoms. The summed E-state index contributed by atoms with van der Waals surface area (Å²) in [5.41, 5.74) is 2.86. The molecule has 2 N–H and O–H groups in total. The molecule has 2 aromatic heterocycles. The van der Waals surface area contributed by atoms with Gasteiger partial charge in [-0.3, -0.25) is 19.6 Å². The second-order valence-corrected chi connectivity index (χ2v) is 8.55. The van der Waals surface area contributed by atoms with E-state index in [0.29, 0.717) is 26.1 Å². The average molecular weight is 512 g/mol. The van der Waals surface area contributed by atoms with E-state index in [-0.39, 0.29) is 24.6 Å². The minimum absolute atomic E-state index is 0.180. The minimum atomic E-state index is -1.08. The molecule has 196 valence electrons. The number of rotatable bonds is 9. The van der Waals surface area contributed by atoms with Crippen molar-refractivity contribution in [2.75, 3.05) is 31.2 Å². The first-order valence-corrected chi connectivity index (χ1v) is 11.9. The highest BCUT2D eigenvalue weighted by Crippen LogP contribution is 2.22. The number of halogens is 1. The summed E-state index contributed by atoms with van der Waals surface area (Å²) in [4.78, 5) is 39.7. The van der Waals surface area contributed by atoms with Crippen molar-refractivity contribution in [1.82, 2.24) is 19.9 Å². The highest BCUT2D eigenvalue weighted by Gasteiger charge is 2.17. The number of nitrogens with zero attached hydrogens (tertiary/aromatic N) is 5. The Kier molecular flexibility index (Phi) is 10.4. The van der Waals surface area contributed by atoms with Gasteiger partial charge in [-0.1, -0.05) is 19.1 Å². The number of morpholine rings is 1. The summed E-state index contributed by atoms with van der Waals surface area (Å²) in [5, 5.41) is 15.8.